The molecule has 11 nitrogen and oxygen atoms in total. The van der Waals surface area contributed by atoms with Crippen molar-refractivity contribution in [1.82, 2.24) is 19.5 Å². The van der Waals surface area contributed by atoms with Crippen LogP contribution in [0.2, 0.25) is 0 Å². The maximum atomic E-state index is 13.1. The number of imidazole rings is 1. The molecule has 3 heterocycles. The van der Waals surface area contributed by atoms with E-state index in [4.69, 9.17) is 4.74 Å². The zero-order chi connectivity index (χ0) is 25.0. The number of aromatic nitrogens is 4. The molecule has 2 aliphatic rings. The van der Waals surface area contributed by atoms with Crippen LogP contribution in [0.3, 0.4) is 0 Å². The number of nitrogens with zero attached hydrogens (tertiary/aromatic N) is 4. The fourth-order valence-corrected chi connectivity index (χ4v) is 4.62. The minimum Gasteiger partial charge on any atom is -0.394 e. The first kappa shape index (κ1) is 22.2. The van der Waals surface area contributed by atoms with Crippen molar-refractivity contribution in [1.29, 1.82) is 0 Å². The van der Waals surface area contributed by atoms with Gasteiger partial charge in [0.05, 0.1) is 19.0 Å². The summed E-state index contributed by atoms with van der Waals surface area (Å²) >= 11 is 0. The molecule has 11 heteroatoms. The molecule has 36 heavy (non-hydrogen) atoms. The van der Waals surface area contributed by atoms with Gasteiger partial charge in [-0.25, -0.2) is 15.0 Å². The molecule has 1 aliphatic heterocycles. The first-order valence-electron chi connectivity index (χ1n) is 11.2. The van der Waals surface area contributed by atoms with Crippen molar-refractivity contribution in [2.75, 3.05) is 11.9 Å². The van der Waals surface area contributed by atoms with Crippen molar-refractivity contribution in [3.8, 4) is 0 Å². The average Bonchev–Trinajstić information content (AvgIpc) is 3.50. The molecule has 2 aromatic heterocycles. The number of carbonyl (C=O) groups is 3. The molecule has 3 N–H and O–H groups in total. The van der Waals surface area contributed by atoms with E-state index < -0.39 is 24.3 Å². The fraction of sp³-hybridized carbons (Fsp3) is 0.200. The summed E-state index contributed by atoms with van der Waals surface area (Å²) in [5, 5.41) is 22.1. The summed E-state index contributed by atoms with van der Waals surface area (Å²) in [7, 11) is 0. The van der Waals surface area contributed by atoms with Gasteiger partial charge in [0, 0.05) is 34.2 Å². The number of ether oxygens (including phenoxy) is 1. The Morgan fingerprint density at radius 3 is 2.47 bits per heavy atom. The average molecular weight is 485 g/mol. The number of amides is 1. The minimum atomic E-state index is -0.830. The maximum absolute atomic E-state index is 13.1. The Balaban J connectivity index is 1.29. The van der Waals surface area contributed by atoms with Crippen molar-refractivity contribution in [2.24, 2.45) is 0 Å². The van der Waals surface area contributed by atoms with E-state index in [1.807, 2.05) is 0 Å². The number of carbonyl (C=O) groups excluding carboxylic acids is 3. The first-order chi connectivity index (χ1) is 17.5. The Morgan fingerprint density at radius 2 is 1.75 bits per heavy atom. The first-order valence-corrected chi connectivity index (χ1v) is 11.2. The van der Waals surface area contributed by atoms with Gasteiger partial charge >= 0.3 is 0 Å². The van der Waals surface area contributed by atoms with Gasteiger partial charge in [0.2, 0.25) is 0 Å². The molecule has 1 saturated heterocycles. The molecular weight excluding hydrogens is 466 g/mol. The number of aliphatic hydroxyl groups excluding tert-OH is 2. The second kappa shape index (κ2) is 8.41. The molecule has 6 rings (SSSR count). The van der Waals surface area contributed by atoms with Crippen LogP contribution in [0.25, 0.3) is 11.2 Å². The van der Waals surface area contributed by atoms with Crippen LogP contribution in [0.15, 0.2) is 55.1 Å². The van der Waals surface area contributed by atoms with Gasteiger partial charge in [0.1, 0.15) is 18.7 Å². The molecule has 0 saturated carbocycles. The van der Waals surface area contributed by atoms with Crippen molar-refractivity contribution >= 4 is 34.5 Å². The molecule has 180 valence electrons. The van der Waals surface area contributed by atoms with Crippen molar-refractivity contribution in [3.63, 3.8) is 0 Å². The summed E-state index contributed by atoms with van der Waals surface area (Å²) in [6.45, 7) is -0.318. The Morgan fingerprint density at radius 1 is 1.03 bits per heavy atom. The predicted octanol–water partition coefficient (Wildman–Crippen LogP) is 1.49. The highest BCUT2D eigenvalue weighted by Gasteiger charge is 2.35. The quantitative estimate of drug-likeness (QED) is 0.343. The number of hydrogen-bond donors (Lipinski definition) is 3. The van der Waals surface area contributed by atoms with Gasteiger partial charge in [-0.15, -0.1) is 0 Å². The highest BCUT2D eigenvalue weighted by atomic mass is 16.5. The van der Waals surface area contributed by atoms with Gasteiger partial charge in [-0.3, -0.25) is 19.0 Å². The molecule has 1 fully saturated rings. The lowest BCUT2D eigenvalue weighted by Gasteiger charge is -2.17. The zero-order valence-electron chi connectivity index (χ0n) is 18.7. The largest absolute Gasteiger partial charge is 0.394 e. The van der Waals surface area contributed by atoms with Crippen LogP contribution in [0.4, 0.5) is 5.82 Å². The zero-order valence-corrected chi connectivity index (χ0v) is 18.7. The Hall–Kier alpha value is -4.32. The SMILES string of the molecule is O=C(Nc1ncnc2c1ncn2[C@H]1C[C@H](O)[C@@H](CO)O1)c1ccc2c(c1)C(=O)c1ccccc1C2=O. The smallest absolute Gasteiger partial charge is 0.256 e. The summed E-state index contributed by atoms with van der Waals surface area (Å²) in [6.07, 6.45) is 0.840. The summed E-state index contributed by atoms with van der Waals surface area (Å²) in [4.78, 5) is 51.6. The van der Waals surface area contributed by atoms with Crippen LogP contribution in [0, 0.1) is 0 Å². The third kappa shape index (κ3) is 3.40. The Labute approximate surface area is 203 Å². The third-order valence-corrected chi connectivity index (χ3v) is 6.47. The summed E-state index contributed by atoms with van der Waals surface area (Å²) in [5.41, 5.74) is 1.91. The lowest BCUT2D eigenvalue weighted by molar-refractivity contribution is -0.0432. The van der Waals surface area contributed by atoms with Gasteiger partial charge < -0.3 is 20.3 Å². The van der Waals surface area contributed by atoms with Crippen molar-refractivity contribution in [3.05, 3.63) is 82.9 Å². The molecule has 0 unspecified atom stereocenters. The van der Waals surface area contributed by atoms with E-state index in [1.54, 1.807) is 28.8 Å². The maximum Gasteiger partial charge on any atom is 0.256 e. The number of benzene rings is 2. The van der Waals surface area contributed by atoms with Gasteiger partial charge in [-0.2, -0.15) is 0 Å². The van der Waals surface area contributed by atoms with E-state index in [2.05, 4.69) is 20.3 Å². The molecule has 2 aromatic carbocycles. The number of hydrogen-bond acceptors (Lipinski definition) is 9. The van der Waals surface area contributed by atoms with Gasteiger partial charge in [-0.05, 0) is 18.2 Å². The molecule has 1 amide bonds. The number of ketones is 2. The van der Waals surface area contributed by atoms with Gasteiger partial charge in [0.15, 0.2) is 28.5 Å². The fourth-order valence-electron chi connectivity index (χ4n) is 4.62. The number of fused-ring (bicyclic) bond motifs is 3. The number of anilines is 1. The van der Waals surface area contributed by atoms with Crippen LogP contribution < -0.4 is 5.32 Å². The lowest BCUT2D eigenvalue weighted by Crippen LogP contribution is -2.24. The van der Waals surface area contributed by atoms with E-state index in [9.17, 15) is 24.6 Å². The van der Waals surface area contributed by atoms with Gasteiger partial charge in [-0.1, -0.05) is 24.3 Å². The van der Waals surface area contributed by atoms with Crippen LogP contribution in [0.5, 0.6) is 0 Å². The van der Waals surface area contributed by atoms with E-state index in [0.29, 0.717) is 22.3 Å². The van der Waals surface area contributed by atoms with Crippen molar-refractivity contribution in [2.45, 2.75) is 24.9 Å². The standard InChI is InChI=1S/C25H19N5O6/c31-9-18-17(32)8-19(36-18)30-11-28-20-23(26-10-27-24(20)30)29-25(35)12-5-6-15-16(7-12)22(34)14-4-2-1-3-13(14)21(15)33/h1-7,10-11,17-19,31-32H,8-9H2,(H,26,27,29,35)/t17-,18+,19+/m0/s1. The van der Waals surface area contributed by atoms with Crippen LogP contribution in [-0.4, -0.2) is 66.0 Å². The Bertz CT molecular complexity index is 1560. The van der Waals surface area contributed by atoms with Crippen LogP contribution in [-0.2, 0) is 4.74 Å². The number of aliphatic hydroxyl groups is 2. The van der Waals surface area contributed by atoms with E-state index >= 15 is 0 Å². The van der Waals surface area contributed by atoms with E-state index in [1.165, 1.54) is 30.9 Å². The topological polar surface area (TPSA) is 157 Å². The summed E-state index contributed by atoms with van der Waals surface area (Å²) < 4.78 is 7.28. The second-order valence-electron chi connectivity index (χ2n) is 8.58. The molecule has 1 aliphatic carbocycles. The third-order valence-electron chi connectivity index (χ3n) is 6.47. The highest BCUT2D eigenvalue weighted by Crippen LogP contribution is 2.32. The van der Waals surface area contributed by atoms with Crippen molar-refractivity contribution < 1.29 is 29.3 Å². The number of nitrogens with one attached hydrogen (secondary N) is 1. The number of rotatable bonds is 4. The molecule has 0 radical (unpaired) electrons. The summed E-state index contributed by atoms with van der Waals surface area (Å²) in [6, 6.07) is 11.0. The predicted molar refractivity (Wildman–Crippen MR) is 125 cm³/mol. The molecule has 0 spiro atoms. The molecule has 0 bridgehead atoms. The van der Waals surface area contributed by atoms with Gasteiger partial charge in [0.25, 0.3) is 5.91 Å². The normalized spacial score (nSPS) is 20.9. The molecule has 4 aromatic rings. The van der Waals surface area contributed by atoms with E-state index in [-0.39, 0.29) is 47.1 Å². The monoisotopic (exact) mass is 485 g/mol. The van der Waals surface area contributed by atoms with Crippen LogP contribution in [0.1, 0.15) is 54.8 Å². The summed E-state index contributed by atoms with van der Waals surface area (Å²) in [5.74, 6) is -0.985. The highest BCUT2D eigenvalue weighted by molar-refractivity contribution is 6.28. The van der Waals surface area contributed by atoms with E-state index in [0.717, 1.165) is 0 Å². The minimum absolute atomic E-state index is 0.145. The Kier molecular flexibility index (Phi) is 5.18. The lowest BCUT2D eigenvalue weighted by atomic mass is 9.83. The molecular formula is C25H19N5O6. The second-order valence-corrected chi connectivity index (χ2v) is 8.58. The molecule has 3 atom stereocenters. The van der Waals surface area contributed by atoms with Crippen LogP contribution >= 0.6 is 0 Å².